The number of halogens is 1. The summed E-state index contributed by atoms with van der Waals surface area (Å²) < 4.78 is 15.4. The number of anilines is 1. The highest BCUT2D eigenvalue weighted by molar-refractivity contribution is 7.15. The van der Waals surface area contributed by atoms with E-state index in [1.807, 2.05) is 34.2 Å². The predicted molar refractivity (Wildman–Crippen MR) is 125 cm³/mol. The van der Waals surface area contributed by atoms with Crippen molar-refractivity contribution < 1.29 is 14.6 Å². The number of hydrogen-bond acceptors (Lipinski definition) is 7. The van der Waals surface area contributed by atoms with Crippen LogP contribution in [0.2, 0.25) is 0 Å². The summed E-state index contributed by atoms with van der Waals surface area (Å²) in [4.78, 5) is 14.4. The zero-order valence-corrected chi connectivity index (χ0v) is 18.2. The van der Waals surface area contributed by atoms with Gasteiger partial charge in [-0.3, -0.25) is 4.40 Å². The largest absolute Gasteiger partial charge is 0.394 e. The molecule has 5 aromatic rings. The van der Waals surface area contributed by atoms with Crippen LogP contribution in [0.4, 0.5) is 10.3 Å². The Morgan fingerprint density at radius 2 is 1.82 bits per heavy atom. The molecule has 0 aliphatic rings. The van der Waals surface area contributed by atoms with E-state index in [1.165, 1.54) is 23.5 Å². The van der Waals surface area contributed by atoms with Gasteiger partial charge < -0.3 is 15.5 Å². The molecule has 0 saturated heterocycles. The maximum Gasteiger partial charge on any atom is 0.223 e. The number of fused-ring (bicyclic) bond motifs is 1. The minimum Gasteiger partial charge on any atom is -0.394 e. The summed E-state index contributed by atoms with van der Waals surface area (Å²) in [5, 5.41) is 25.6. The zero-order valence-electron chi connectivity index (χ0n) is 17.3. The Labute approximate surface area is 192 Å². The third-order valence-electron chi connectivity index (χ3n) is 5.31. The molecule has 3 heterocycles. The van der Waals surface area contributed by atoms with Gasteiger partial charge in [0.15, 0.2) is 4.96 Å². The van der Waals surface area contributed by atoms with Gasteiger partial charge in [0, 0.05) is 23.3 Å². The summed E-state index contributed by atoms with van der Waals surface area (Å²) in [6.45, 7) is -0.314. The molecule has 7 nitrogen and oxygen atoms in total. The van der Waals surface area contributed by atoms with Gasteiger partial charge in [-0.15, -0.1) is 11.3 Å². The van der Waals surface area contributed by atoms with E-state index in [0.29, 0.717) is 17.0 Å². The second-order valence-electron chi connectivity index (χ2n) is 7.43. The molecule has 0 saturated carbocycles. The summed E-state index contributed by atoms with van der Waals surface area (Å²) >= 11 is 1.49. The highest BCUT2D eigenvalue weighted by atomic mass is 32.1. The van der Waals surface area contributed by atoms with Crippen molar-refractivity contribution in [1.29, 1.82) is 0 Å². The fourth-order valence-corrected chi connectivity index (χ4v) is 4.39. The monoisotopic (exact) mass is 461 g/mol. The molecular weight excluding hydrogens is 441 g/mol. The lowest BCUT2D eigenvalue weighted by Crippen LogP contribution is -2.32. The molecule has 9 heteroatoms. The number of aliphatic hydroxyl groups is 2. The summed E-state index contributed by atoms with van der Waals surface area (Å²) in [5.41, 5.74) is 3.46. The smallest absolute Gasteiger partial charge is 0.223 e. The van der Waals surface area contributed by atoms with Gasteiger partial charge >= 0.3 is 0 Å². The maximum atomic E-state index is 13.5. The SMILES string of the molecule is OC[C@@H](Nc1nccc(-c2c(-c3ccc(F)cc3)nc3sccn23)n1)[C@H](O)c1ccccc1. The van der Waals surface area contributed by atoms with Crippen molar-refractivity contribution in [2.45, 2.75) is 12.1 Å². The van der Waals surface area contributed by atoms with Crippen LogP contribution in [-0.2, 0) is 0 Å². The number of benzene rings is 2. The van der Waals surface area contributed by atoms with Crippen molar-refractivity contribution in [2.24, 2.45) is 0 Å². The molecule has 3 aromatic heterocycles. The molecule has 0 aliphatic heterocycles. The van der Waals surface area contributed by atoms with Gasteiger partial charge in [0.05, 0.1) is 24.0 Å². The van der Waals surface area contributed by atoms with E-state index >= 15 is 0 Å². The molecular formula is C24H20FN5O2S. The summed E-state index contributed by atoms with van der Waals surface area (Å²) in [6, 6.07) is 16.3. The first kappa shape index (κ1) is 21.2. The van der Waals surface area contributed by atoms with Gasteiger partial charge in [-0.2, -0.15) is 0 Å². The lowest BCUT2D eigenvalue weighted by molar-refractivity contribution is 0.118. The van der Waals surface area contributed by atoms with E-state index in [1.54, 1.807) is 36.5 Å². The van der Waals surface area contributed by atoms with Crippen LogP contribution in [0.3, 0.4) is 0 Å². The number of thiazole rings is 1. The van der Waals surface area contributed by atoms with Crippen LogP contribution < -0.4 is 5.32 Å². The quantitative estimate of drug-likeness (QED) is 0.337. The number of imidazole rings is 1. The first-order valence-electron chi connectivity index (χ1n) is 10.3. The third kappa shape index (κ3) is 4.21. The van der Waals surface area contributed by atoms with Crippen molar-refractivity contribution in [1.82, 2.24) is 19.4 Å². The Hall–Kier alpha value is -3.66. The fourth-order valence-electron chi connectivity index (χ4n) is 3.67. The van der Waals surface area contributed by atoms with Crippen LogP contribution in [0.5, 0.6) is 0 Å². The van der Waals surface area contributed by atoms with E-state index in [0.717, 1.165) is 16.2 Å². The number of aliphatic hydroxyl groups excluding tert-OH is 2. The number of hydrogen-bond donors (Lipinski definition) is 3. The predicted octanol–water partition coefficient (Wildman–Crippen LogP) is 4.17. The average Bonchev–Trinajstić information content (AvgIpc) is 3.45. The second-order valence-corrected chi connectivity index (χ2v) is 8.30. The standard InChI is InChI=1S/C24H20FN5O2S/c25-17-8-6-15(7-9-17)20-21(30-12-13-33-24(30)29-20)18-10-11-26-23(27-18)28-19(14-31)22(32)16-4-2-1-3-5-16/h1-13,19,22,31-32H,14H2,(H,26,27,28)/t19-,22-/m1/s1. The maximum absolute atomic E-state index is 13.5. The molecule has 0 radical (unpaired) electrons. The van der Waals surface area contributed by atoms with Crippen molar-refractivity contribution >= 4 is 22.2 Å². The second kappa shape index (κ2) is 9.07. The Kier molecular flexibility index (Phi) is 5.82. The minimum atomic E-state index is -0.947. The van der Waals surface area contributed by atoms with Gasteiger partial charge in [0.25, 0.3) is 0 Å². The molecule has 0 unspecified atom stereocenters. The van der Waals surface area contributed by atoms with Crippen molar-refractivity contribution in [3.63, 3.8) is 0 Å². The van der Waals surface area contributed by atoms with Crippen LogP contribution in [-0.4, -0.2) is 42.2 Å². The van der Waals surface area contributed by atoms with E-state index in [-0.39, 0.29) is 18.4 Å². The van der Waals surface area contributed by atoms with Crippen LogP contribution >= 0.6 is 11.3 Å². The first-order valence-corrected chi connectivity index (χ1v) is 11.2. The lowest BCUT2D eigenvalue weighted by Gasteiger charge is -2.22. The van der Waals surface area contributed by atoms with Crippen molar-refractivity contribution in [2.75, 3.05) is 11.9 Å². The van der Waals surface area contributed by atoms with Crippen LogP contribution in [0.1, 0.15) is 11.7 Å². The fraction of sp³-hybridized carbons (Fsp3) is 0.125. The Morgan fingerprint density at radius 3 is 2.58 bits per heavy atom. The van der Waals surface area contributed by atoms with Crippen molar-refractivity contribution in [3.05, 3.63) is 89.8 Å². The van der Waals surface area contributed by atoms with Gasteiger partial charge in [0.2, 0.25) is 5.95 Å². The molecule has 3 N–H and O–H groups in total. The summed E-state index contributed by atoms with van der Waals surface area (Å²) in [6.07, 6.45) is 2.56. The number of nitrogens with zero attached hydrogens (tertiary/aromatic N) is 4. The highest BCUT2D eigenvalue weighted by Crippen LogP contribution is 2.33. The molecule has 33 heavy (non-hydrogen) atoms. The molecule has 0 spiro atoms. The molecule has 0 amide bonds. The Balaban J connectivity index is 1.51. The number of rotatable bonds is 7. The van der Waals surface area contributed by atoms with E-state index < -0.39 is 12.1 Å². The summed E-state index contributed by atoms with van der Waals surface area (Å²) in [5.74, 6) is -0.0568. The lowest BCUT2D eigenvalue weighted by atomic mass is 10.0. The first-order chi connectivity index (χ1) is 16.1. The number of nitrogens with one attached hydrogen (secondary N) is 1. The number of aromatic nitrogens is 4. The van der Waals surface area contributed by atoms with Crippen LogP contribution in [0.25, 0.3) is 27.6 Å². The minimum absolute atomic E-state index is 0.261. The van der Waals surface area contributed by atoms with Gasteiger partial charge in [-0.05, 0) is 35.9 Å². The third-order valence-corrected chi connectivity index (χ3v) is 6.07. The molecule has 0 aliphatic carbocycles. The molecule has 0 bridgehead atoms. The van der Waals surface area contributed by atoms with Gasteiger partial charge in [-0.1, -0.05) is 30.3 Å². The molecule has 5 rings (SSSR count). The van der Waals surface area contributed by atoms with Crippen molar-refractivity contribution in [3.8, 4) is 22.6 Å². The Morgan fingerprint density at radius 1 is 1.03 bits per heavy atom. The van der Waals surface area contributed by atoms with E-state index in [9.17, 15) is 14.6 Å². The zero-order chi connectivity index (χ0) is 22.8. The van der Waals surface area contributed by atoms with E-state index in [2.05, 4.69) is 15.3 Å². The topological polar surface area (TPSA) is 95.6 Å². The molecule has 0 fully saturated rings. The average molecular weight is 462 g/mol. The molecule has 2 aromatic carbocycles. The Bertz CT molecular complexity index is 1370. The van der Waals surface area contributed by atoms with Crippen LogP contribution in [0, 0.1) is 5.82 Å². The highest BCUT2D eigenvalue weighted by Gasteiger charge is 2.22. The van der Waals surface area contributed by atoms with Gasteiger partial charge in [0.1, 0.15) is 17.6 Å². The molecule has 2 atom stereocenters. The normalized spacial score (nSPS) is 13.2. The van der Waals surface area contributed by atoms with Crippen LogP contribution in [0.15, 0.2) is 78.4 Å². The molecule has 166 valence electrons. The van der Waals surface area contributed by atoms with Gasteiger partial charge in [-0.25, -0.2) is 19.3 Å². The van der Waals surface area contributed by atoms with E-state index in [4.69, 9.17) is 4.98 Å². The summed E-state index contributed by atoms with van der Waals surface area (Å²) in [7, 11) is 0.